The predicted molar refractivity (Wildman–Crippen MR) is 97.8 cm³/mol. The zero-order chi connectivity index (χ0) is 19.5. The molecule has 2 aromatic carbocycles. The Hall–Kier alpha value is -2.67. The number of aliphatic carboxylic acids is 1. The highest BCUT2D eigenvalue weighted by Gasteiger charge is 2.40. The average molecular weight is 375 g/mol. The fourth-order valence-corrected chi connectivity index (χ4v) is 3.40. The molecule has 0 bridgehead atoms. The lowest BCUT2D eigenvalue weighted by atomic mass is 9.86. The van der Waals surface area contributed by atoms with Crippen LogP contribution in [0.25, 0.3) is 0 Å². The lowest BCUT2D eigenvalue weighted by Gasteiger charge is -2.30. The van der Waals surface area contributed by atoms with Crippen molar-refractivity contribution in [3.63, 3.8) is 0 Å². The molecule has 0 saturated carbocycles. The van der Waals surface area contributed by atoms with Gasteiger partial charge in [0.15, 0.2) is 15.4 Å². The van der Waals surface area contributed by atoms with Crippen molar-refractivity contribution >= 4 is 21.7 Å². The smallest absolute Gasteiger partial charge is 0.334 e. The zero-order valence-corrected chi connectivity index (χ0v) is 15.6. The van der Waals surface area contributed by atoms with Crippen molar-refractivity contribution in [1.82, 2.24) is 5.32 Å². The number of hydrogen-bond acceptors (Lipinski definition) is 4. The molecule has 0 aliphatic heterocycles. The second kappa shape index (κ2) is 7.29. The van der Waals surface area contributed by atoms with Gasteiger partial charge >= 0.3 is 5.97 Å². The molecule has 7 heteroatoms. The molecule has 0 aliphatic rings. The molecule has 2 N–H and O–H groups in total. The number of carbonyl (C=O) groups is 2. The lowest BCUT2D eigenvalue weighted by Crippen LogP contribution is -2.51. The number of sulfone groups is 1. The molecule has 2 aromatic rings. The first-order valence-corrected chi connectivity index (χ1v) is 9.93. The number of aryl methyl sites for hydroxylation is 1. The SMILES string of the molecule is CCC(NC(=O)c1cc(S(C)(=O)=O)ccc1C)(C(=O)O)c1ccccc1. The standard InChI is InChI=1S/C19H21NO5S/c1-4-19(18(22)23,14-8-6-5-7-9-14)20-17(21)16-12-15(26(3,24)25)11-10-13(16)2/h5-12H,4H2,1-3H3,(H,20,21)(H,22,23). The number of carboxylic acid groups (broad SMARTS) is 1. The first-order chi connectivity index (χ1) is 12.1. The first kappa shape index (κ1) is 19.7. The number of carboxylic acids is 1. The Balaban J connectivity index is 2.51. The van der Waals surface area contributed by atoms with Gasteiger partial charge in [-0.15, -0.1) is 0 Å². The van der Waals surface area contributed by atoms with Crippen molar-refractivity contribution in [2.24, 2.45) is 0 Å². The van der Waals surface area contributed by atoms with E-state index in [4.69, 9.17) is 0 Å². The molecule has 138 valence electrons. The Kier molecular flexibility index (Phi) is 5.51. The van der Waals surface area contributed by atoms with Crippen LogP contribution in [0.3, 0.4) is 0 Å². The van der Waals surface area contributed by atoms with E-state index < -0.39 is 27.3 Å². The summed E-state index contributed by atoms with van der Waals surface area (Å²) in [4.78, 5) is 24.9. The van der Waals surface area contributed by atoms with E-state index >= 15 is 0 Å². The van der Waals surface area contributed by atoms with Crippen molar-refractivity contribution in [2.75, 3.05) is 6.26 Å². The Morgan fingerprint density at radius 2 is 1.73 bits per heavy atom. The third-order valence-corrected chi connectivity index (χ3v) is 5.48. The number of rotatable bonds is 6. The minimum absolute atomic E-state index is 0.00499. The van der Waals surface area contributed by atoms with E-state index in [1.54, 1.807) is 44.2 Å². The quantitative estimate of drug-likeness (QED) is 0.808. The molecule has 0 fully saturated rings. The van der Waals surface area contributed by atoms with Gasteiger partial charge in [0.1, 0.15) is 0 Å². The van der Waals surface area contributed by atoms with Crippen LogP contribution in [0.4, 0.5) is 0 Å². The molecule has 6 nitrogen and oxygen atoms in total. The van der Waals surface area contributed by atoms with Gasteiger partial charge in [0.25, 0.3) is 5.91 Å². The molecule has 0 aliphatic carbocycles. The molecular formula is C19H21NO5S. The van der Waals surface area contributed by atoms with Gasteiger partial charge in [-0.05, 0) is 36.6 Å². The molecule has 0 spiro atoms. The van der Waals surface area contributed by atoms with Crippen LogP contribution in [0.1, 0.15) is 34.8 Å². The van der Waals surface area contributed by atoms with Crippen molar-refractivity contribution in [1.29, 1.82) is 0 Å². The summed E-state index contributed by atoms with van der Waals surface area (Å²) in [5.41, 5.74) is -0.479. The topological polar surface area (TPSA) is 101 Å². The predicted octanol–water partition coefficient (Wildman–Crippen LogP) is 2.52. The Bertz CT molecular complexity index is 938. The number of hydrogen-bond donors (Lipinski definition) is 2. The van der Waals surface area contributed by atoms with Gasteiger partial charge < -0.3 is 10.4 Å². The average Bonchev–Trinajstić information content (AvgIpc) is 2.59. The van der Waals surface area contributed by atoms with Gasteiger partial charge in [0.2, 0.25) is 0 Å². The van der Waals surface area contributed by atoms with Gasteiger partial charge in [0.05, 0.1) is 4.90 Å². The van der Waals surface area contributed by atoms with Gasteiger partial charge in [0, 0.05) is 11.8 Å². The molecule has 0 saturated heterocycles. The van der Waals surface area contributed by atoms with E-state index in [0.29, 0.717) is 11.1 Å². The maximum atomic E-state index is 12.8. The van der Waals surface area contributed by atoms with Crippen LogP contribution in [0.2, 0.25) is 0 Å². The lowest BCUT2D eigenvalue weighted by molar-refractivity contribution is -0.145. The van der Waals surface area contributed by atoms with E-state index in [-0.39, 0.29) is 16.9 Å². The van der Waals surface area contributed by atoms with E-state index in [1.165, 1.54) is 18.2 Å². The summed E-state index contributed by atoms with van der Waals surface area (Å²) >= 11 is 0. The maximum Gasteiger partial charge on any atom is 0.334 e. The fraction of sp³-hybridized carbons (Fsp3) is 0.263. The molecule has 0 aromatic heterocycles. The summed E-state index contributed by atoms with van der Waals surface area (Å²) in [5, 5.41) is 12.4. The van der Waals surface area contributed by atoms with E-state index in [9.17, 15) is 23.1 Å². The molecule has 1 atom stereocenters. The normalized spacial score (nSPS) is 13.7. The summed E-state index contributed by atoms with van der Waals surface area (Å²) in [6, 6.07) is 12.6. The van der Waals surface area contributed by atoms with E-state index in [2.05, 4.69) is 5.32 Å². The van der Waals surface area contributed by atoms with Crippen LogP contribution >= 0.6 is 0 Å². The number of amides is 1. The van der Waals surface area contributed by atoms with Crippen LogP contribution in [0.15, 0.2) is 53.4 Å². The Morgan fingerprint density at radius 1 is 1.12 bits per heavy atom. The van der Waals surface area contributed by atoms with E-state index in [0.717, 1.165) is 6.26 Å². The minimum Gasteiger partial charge on any atom is -0.479 e. The largest absolute Gasteiger partial charge is 0.479 e. The molecule has 1 unspecified atom stereocenters. The monoisotopic (exact) mass is 375 g/mol. The summed E-state index contributed by atoms with van der Waals surface area (Å²) in [6.45, 7) is 3.33. The number of carbonyl (C=O) groups excluding carboxylic acids is 1. The highest BCUT2D eigenvalue weighted by Crippen LogP contribution is 2.27. The molecule has 0 heterocycles. The second-order valence-corrected chi connectivity index (χ2v) is 8.15. The third kappa shape index (κ3) is 3.77. The Morgan fingerprint density at radius 3 is 2.23 bits per heavy atom. The number of nitrogens with one attached hydrogen (secondary N) is 1. The maximum absolute atomic E-state index is 12.8. The van der Waals surface area contributed by atoms with Crippen LogP contribution in [0, 0.1) is 6.92 Å². The minimum atomic E-state index is -3.49. The molecular weight excluding hydrogens is 354 g/mol. The first-order valence-electron chi connectivity index (χ1n) is 8.04. The highest BCUT2D eigenvalue weighted by molar-refractivity contribution is 7.90. The van der Waals surface area contributed by atoms with Crippen LogP contribution in [-0.2, 0) is 20.2 Å². The van der Waals surface area contributed by atoms with Crippen LogP contribution in [0.5, 0.6) is 0 Å². The van der Waals surface area contributed by atoms with Gasteiger partial charge in [-0.2, -0.15) is 0 Å². The van der Waals surface area contributed by atoms with Gasteiger partial charge in [-0.3, -0.25) is 4.79 Å². The Labute approximate surface area is 152 Å². The van der Waals surface area contributed by atoms with Crippen molar-refractivity contribution in [3.8, 4) is 0 Å². The second-order valence-electron chi connectivity index (χ2n) is 6.13. The summed E-state index contributed by atoms with van der Waals surface area (Å²) in [6.07, 6.45) is 1.18. The molecule has 26 heavy (non-hydrogen) atoms. The fourth-order valence-electron chi connectivity index (χ4n) is 2.75. The summed E-state index contributed by atoms with van der Waals surface area (Å²) in [5.74, 6) is -1.82. The van der Waals surface area contributed by atoms with Gasteiger partial charge in [-0.25, -0.2) is 13.2 Å². The molecule has 1 amide bonds. The van der Waals surface area contributed by atoms with Crippen molar-refractivity contribution in [3.05, 3.63) is 65.2 Å². The zero-order valence-electron chi connectivity index (χ0n) is 14.8. The number of benzene rings is 2. The van der Waals surface area contributed by atoms with Crippen LogP contribution in [-0.4, -0.2) is 31.7 Å². The van der Waals surface area contributed by atoms with Crippen LogP contribution < -0.4 is 5.32 Å². The summed E-state index contributed by atoms with van der Waals surface area (Å²) in [7, 11) is -3.49. The highest BCUT2D eigenvalue weighted by atomic mass is 32.2. The molecule has 0 radical (unpaired) electrons. The van der Waals surface area contributed by atoms with Crippen molar-refractivity contribution in [2.45, 2.75) is 30.7 Å². The van der Waals surface area contributed by atoms with Gasteiger partial charge in [-0.1, -0.05) is 43.3 Å². The third-order valence-electron chi connectivity index (χ3n) is 4.37. The van der Waals surface area contributed by atoms with E-state index in [1.807, 2.05) is 0 Å². The van der Waals surface area contributed by atoms with Crippen molar-refractivity contribution < 1.29 is 23.1 Å². The summed E-state index contributed by atoms with van der Waals surface area (Å²) < 4.78 is 23.5. The molecule has 2 rings (SSSR count).